The van der Waals surface area contributed by atoms with Gasteiger partial charge in [0.25, 0.3) is 0 Å². The first-order chi connectivity index (χ1) is 13.5. The van der Waals surface area contributed by atoms with E-state index in [1.807, 2.05) is 25.1 Å². The quantitative estimate of drug-likeness (QED) is 0.534. The van der Waals surface area contributed by atoms with Crippen molar-refractivity contribution in [3.05, 3.63) is 47.4 Å². The van der Waals surface area contributed by atoms with Crippen molar-refractivity contribution in [2.45, 2.75) is 27.7 Å². The maximum Gasteiger partial charge on any atom is 0.350 e. The third-order valence-corrected chi connectivity index (χ3v) is 5.08. The van der Waals surface area contributed by atoms with Gasteiger partial charge < -0.3 is 9.47 Å². The summed E-state index contributed by atoms with van der Waals surface area (Å²) in [5.74, 6) is 0.815. The molecule has 0 spiro atoms. The number of carbonyl (C=O) groups excluding carboxylic acids is 1. The van der Waals surface area contributed by atoms with Crippen LogP contribution in [0.1, 0.15) is 36.1 Å². The molecule has 0 N–H and O–H groups in total. The predicted octanol–water partition coefficient (Wildman–Crippen LogP) is 4.79. The lowest BCUT2D eigenvalue weighted by atomic mass is 10.1. The second-order valence-electron chi connectivity index (χ2n) is 6.66. The Hall–Kier alpha value is -2.80. The summed E-state index contributed by atoms with van der Waals surface area (Å²) in [5.41, 5.74) is 3.12. The van der Waals surface area contributed by atoms with Crippen LogP contribution in [0.4, 0.5) is 0 Å². The largest absolute Gasteiger partial charge is 0.493 e. The Labute approximate surface area is 168 Å². The summed E-state index contributed by atoms with van der Waals surface area (Å²) in [6, 6.07) is 5.85. The molecular formula is C21H23N3O3S. The maximum absolute atomic E-state index is 12.1. The average Bonchev–Trinajstić information content (AvgIpc) is 3.09. The molecule has 2 heterocycles. The van der Waals surface area contributed by atoms with Crippen molar-refractivity contribution in [1.82, 2.24) is 15.0 Å². The maximum atomic E-state index is 12.1. The number of carbonyl (C=O) groups is 1. The van der Waals surface area contributed by atoms with Crippen molar-refractivity contribution in [3.63, 3.8) is 0 Å². The lowest BCUT2D eigenvalue weighted by Gasteiger charge is -2.13. The number of ether oxygens (including phenoxy) is 2. The van der Waals surface area contributed by atoms with Crippen molar-refractivity contribution in [1.29, 1.82) is 0 Å². The molecule has 3 aromatic rings. The molecule has 0 radical (unpaired) electrons. The SMILES string of the molecule is CCOC(=O)c1sc(-c2ccc(OCC(C)C)c(-c3cnccn3)c2)nc1C. The molecule has 0 saturated carbocycles. The molecule has 0 atom stereocenters. The highest BCUT2D eigenvalue weighted by Gasteiger charge is 2.19. The fraction of sp³-hybridized carbons (Fsp3) is 0.333. The first kappa shape index (κ1) is 19.9. The molecule has 0 aliphatic heterocycles. The second-order valence-corrected chi connectivity index (χ2v) is 7.66. The highest BCUT2D eigenvalue weighted by Crippen LogP contribution is 2.35. The van der Waals surface area contributed by atoms with Gasteiger partial charge in [-0.2, -0.15) is 0 Å². The minimum Gasteiger partial charge on any atom is -0.493 e. The van der Waals surface area contributed by atoms with Gasteiger partial charge in [-0.05, 0) is 38.0 Å². The molecule has 0 amide bonds. The Bertz CT molecular complexity index is 955. The zero-order valence-corrected chi connectivity index (χ0v) is 17.2. The number of rotatable bonds is 7. The molecule has 6 nitrogen and oxygen atoms in total. The monoisotopic (exact) mass is 397 g/mol. The first-order valence-electron chi connectivity index (χ1n) is 9.17. The van der Waals surface area contributed by atoms with Crippen molar-refractivity contribution >= 4 is 17.3 Å². The lowest BCUT2D eigenvalue weighted by molar-refractivity contribution is 0.0531. The molecule has 2 aromatic heterocycles. The number of aryl methyl sites for hydroxylation is 1. The summed E-state index contributed by atoms with van der Waals surface area (Å²) in [5, 5.41) is 0.751. The van der Waals surface area contributed by atoms with Crippen LogP contribution in [0.2, 0.25) is 0 Å². The van der Waals surface area contributed by atoms with E-state index in [0.717, 1.165) is 27.6 Å². The van der Waals surface area contributed by atoms with E-state index in [2.05, 4.69) is 28.8 Å². The zero-order valence-electron chi connectivity index (χ0n) is 16.4. The normalized spacial score (nSPS) is 10.9. The molecule has 28 heavy (non-hydrogen) atoms. The highest BCUT2D eigenvalue weighted by molar-refractivity contribution is 7.17. The second kappa shape index (κ2) is 8.93. The van der Waals surface area contributed by atoms with Crippen LogP contribution >= 0.6 is 11.3 Å². The van der Waals surface area contributed by atoms with Gasteiger partial charge in [-0.3, -0.25) is 9.97 Å². The van der Waals surface area contributed by atoms with E-state index in [4.69, 9.17) is 9.47 Å². The molecule has 0 saturated heterocycles. The summed E-state index contributed by atoms with van der Waals surface area (Å²) in [6.45, 7) is 8.76. The molecule has 0 unspecified atom stereocenters. The Morgan fingerprint density at radius 3 is 2.75 bits per heavy atom. The third-order valence-electron chi connectivity index (χ3n) is 3.90. The fourth-order valence-electron chi connectivity index (χ4n) is 2.59. The van der Waals surface area contributed by atoms with Crippen LogP contribution in [-0.4, -0.2) is 34.1 Å². The first-order valence-corrected chi connectivity index (χ1v) is 9.99. The van der Waals surface area contributed by atoms with Gasteiger partial charge in [-0.15, -0.1) is 11.3 Å². The van der Waals surface area contributed by atoms with Gasteiger partial charge in [0.2, 0.25) is 0 Å². The standard InChI is InChI=1S/C21H23N3O3S/c1-5-26-21(25)19-14(4)24-20(28-19)15-6-7-18(27-12-13(2)3)16(10-15)17-11-22-8-9-23-17/h6-11,13H,5,12H2,1-4H3. The molecule has 146 valence electrons. The van der Waals surface area contributed by atoms with E-state index in [9.17, 15) is 4.79 Å². The van der Waals surface area contributed by atoms with Crippen molar-refractivity contribution < 1.29 is 14.3 Å². The number of aromatic nitrogens is 3. The van der Waals surface area contributed by atoms with Crippen LogP contribution in [0.5, 0.6) is 5.75 Å². The molecule has 7 heteroatoms. The van der Waals surface area contributed by atoms with E-state index in [-0.39, 0.29) is 5.97 Å². The molecule has 0 aliphatic carbocycles. The summed E-state index contributed by atoms with van der Waals surface area (Å²) < 4.78 is 11.1. The third kappa shape index (κ3) is 4.54. The average molecular weight is 398 g/mol. The summed E-state index contributed by atoms with van der Waals surface area (Å²) >= 11 is 1.33. The molecule has 0 bridgehead atoms. The van der Waals surface area contributed by atoms with Crippen LogP contribution in [0.15, 0.2) is 36.8 Å². The molecular weight excluding hydrogens is 374 g/mol. The molecule has 0 aliphatic rings. The molecule has 3 rings (SSSR count). The van der Waals surface area contributed by atoms with Gasteiger partial charge in [0.1, 0.15) is 15.6 Å². The lowest BCUT2D eigenvalue weighted by Crippen LogP contribution is -2.05. The van der Waals surface area contributed by atoms with Crippen molar-refractivity contribution in [3.8, 4) is 27.6 Å². The van der Waals surface area contributed by atoms with Crippen LogP contribution in [0, 0.1) is 12.8 Å². The Balaban J connectivity index is 2.01. The van der Waals surface area contributed by atoms with Crippen LogP contribution in [0.25, 0.3) is 21.8 Å². The number of benzene rings is 1. The van der Waals surface area contributed by atoms with Crippen LogP contribution in [-0.2, 0) is 4.74 Å². The molecule has 0 fully saturated rings. The van der Waals surface area contributed by atoms with Gasteiger partial charge in [0.15, 0.2) is 0 Å². The number of hydrogen-bond acceptors (Lipinski definition) is 7. The minimum absolute atomic E-state index is 0.338. The van der Waals surface area contributed by atoms with Gasteiger partial charge >= 0.3 is 5.97 Å². The fourth-order valence-corrected chi connectivity index (χ4v) is 3.55. The van der Waals surface area contributed by atoms with E-state index < -0.39 is 0 Å². The van der Waals surface area contributed by atoms with E-state index in [1.165, 1.54) is 11.3 Å². The van der Waals surface area contributed by atoms with Crippen LogP contribution in [0.3, 0.4) is 0 Å². The van der Waals surface area contributed by atoms with Crippen molar-refractivity contribution in [2.75, 3.05) is 13.2 Å². The zero-order chi connectivity index (χ0) is 20.1. The van der Waals surface area contributed by atoms with Crippen molar-refractivity contribution in [2.24, 2.45) is 5.92 Å². The smallest absolute Gasteiger partial charge is 0.350 e. The Morgan fingerprint density at radius 1 is 1.25 bits per heavy atom. The van der Waals surface area contributed by atoms with E-state index >= 15 is 0 Å². The topological polar surface area (TPSA) is 74.2 Å². The molecule has 1 aromatic carbocycles. The van der Waals surface area contributed by atoms with Gasteiger partial charge in [-0.25, -0.2) is 9.78 Å². The Kier molecular flexibility index (Phi) is 6.36. The number of esters is 1. The summed E-state index contributed by atoms with van der Waals surface area (Å²) in [7, 11) is 0. The number of hydrogen-bond donors (Lipinski definition) is 0. The van der Waals surface area contributed by atoms with E-state index in [1.54, 1.807) is 25.5 Å². The summed E-state index contributed by atoms with van der Waals surface area (Å²) in [4.78, 5) is 25.8. The van der Waals surface area contributed by atoms with Gasteiger partial charge in [0.05, 0.1) is 30.8 Å². The minimum atomic E-state index is -0.338. The summed E-state index contributed by atoms with van der Waals surface area (Å²) in [6.07, 6.45) is 5.00. The number of thiazole rings is 1. The predicted molar refractivity (Wildman–Crippen MR) is 110 cm³/mol. The van der Waals surface area contributed by atoms with Crippen LogP contribution < -0.4 is 4.74 Å². The Morgan fingerprint density at radius 2 is 2.07 bits per heavy atom. The van der Waals surface area contributed by atoms with Gasteiger partial charge in [-0.1, -0.05) is 13.8 Å². The highest BCUT2D eigenvalue weighted by atomic mass is 32.1. The van der Waals surface area contributed by atoms with E-state index in [0.29, 0.717) is 29.7 Å². The number of nitrogens with zero attached hydrogens (tertiary/aromatic N) is 3. The van der Waals surface area contributed by atoms with Gasteiger partial charge in [0, 0.05) is 23.5 Å².